The molecule has 0 amide bonds. The molecule has 0 unspecified atom stereocenters. The normalized spacial score (nSPS) is 11.7. The van der Waals surface area contributed by atoms with Crippen molar-refractivity contribution in [1.29, 1.82) is 0 Å². The predicted molar refractivity (Wildman–Crippen MR) is 108 cm³/mol. The monoisotopic (exact) mass is 340 g/mol. The molecule has 1 heterocycles. The molecule has 0 saturated heterocycles. The van der Waals surface area contributed by atoms with Crippen molar-refractivity contribution in [2.75, 3.05) is 5.01 Å². The van der Waals surface area contributed by atoms with E-state index in [0.717, 1.165) is 33.9 Å². The fraction of sp³-hybridized carbons (Fsp3) is 0.0909. The lowest BCUT2D eigenvalue weighted by atomic mass is 10.2. The van der Waals surface area contributed by atoms with E-state index in [1.807, 2.05) is 72.6 Å². The highest BCUT2D eigenvalue weighted by Gasteiger charge is 2.09. The van der Waals surface area contributed by atoms with E-state index in [-0.39, 0.29) is 0 Å². The zero-order valence-electron chi connectivity index (χ0n) is 14.6. The zero-order valence-corrected chi connectivity index (χ0v) is 14.6. The smallest absolute Gasteiger partial charge is 0.112 e. The molecule has 0 bridgehead atoms. The van der Waals surface area contributed by atoms with E-state index in [1.54, 1.807) is 0 Å². The fourth-order valence-electron chi connectivity index (χ4n) is 2.94. The molecule has 1 aromatic heterocycles. The Balaban J connectivity index is 1.65. The molecule has 0 saturated carbocycles. The Labute approximate surface area is 152 Å². The lowest BCUT2D eigenvalue weighted by molar-refractivity contribution is 1.03. The third-order valence-corrected chi connectivity index (χ3v) is 4.13. The molecule has 4 nitrogen and oxygen atoms in total. The molecule has 0 aliphatic rings. The average Bonchev–Trinajstić information content (AvgIpc) is 3.09. The molecule has 0 aliphatic heterocycles. The lowest BCUT2D eigenvalue weighted by Crippen LogP contribution is -2.13. The minimum absolute atomic E-state index is 0.671. The van der Waals surface area contributed by atoms with Crippen molar-refractivity contribution in [2.45, 2.75) is 13.3 Å². The maximum Gasteiger partial charge on any atom is 0.112 e. The maximum absolute atomic E-state index is 4.87. The van der Waals surface area contributed by atoms with E-state index in [4.69, 9.17) is 5.10 Å². The summed E-state index contributed by atoms with van der Waals surface area (Å²) in [5.74, 6) is 0.925. The highest BCUT2D eigenvalue weighted by Crippen LogP contribution is 2.25. The number of hydrogen-bond donors (Lipinski definition) is 1. The molecule has 0 spiro atoms. The van der Waals surface area contributed by atoms with Gasteiger partial charge in [0.1, 0.15) is 5.82 Å². The van der Waals surface area contributed by atoms with Gasteiger partial charge in [0.05, 0.1) is 22.4 Å². The number of benzene rings is 3. The summed E-state index contributed by atoms with van der Waals surface area (Å²) in [7, 11) is 0. The summed E-state index contributed by atoms with van der Waals surface area (Å²) in [5.41, 5.74) is 5.08. The Hall–Kier alpha value is -3.40. The summed E-state index contributed by atoms with van der Waals surface area (Å²) in [6.45, 7) is 2.03. The van der Waals surface area contributed by atoms with Crippen LogP contribution in [-0.4, -0.2) is 15.7 Å². The number of rotatable bonds is 5. The largest absolute Gasteiger partial charge is 0.342 e. The minimum atomic E-state index is 0.671. The van der Waals surface area contributed by atoms with Crippen molar-refractivity contribution in [1.82, 2.24) is 9.97 Å². The molecule has 26 heavy (non-hydrogen) atoms. The minimum Gasteiger partial charge on any atom is -0.342 e. The Bertz CT molecular complexity index is 947. The number of para-hydroxylation sites is 4. The fourth-order valence-corrected chi connectivity index (χ4v) is 2.94. The van der Waals surface area contributed by atoms with Crippen LogP contribution >= 0.6 is 0 Å². The highest BCUT2D eigenvalue weighted by atomic mass is 15.5. The van der Waals surface area contributed by atoms with Crippen molar-refractivity contribution in [3.05, 3.63) is 90.8 Å². The molecule has 4 aromatic rings. The van der Waals surface area contributed by atoms with Gasteiger partial charge in [0.2, 0.25) is 0 Å². The van der Waals surface area contributed by atoms with Crippen LogP contribution in [0.1, 0.15) is 12.7 Å². The molecule has 3 aromatic carbocycles. The molecule has 0 radical (unpaired) electrons. The summed E-state index contributed by atoms with van der Waals surface area (Å²) >= 11 is 0. The van der Waals surface area contributed by atoms with Gasteiger partial charge in [0.15, 0.2) is 0 Å². The summed E-state index contributed by atoms with van der Waals surface area (Å²) in [4.78, 5) is 8.02. The van der Waals surface area contributed by atoms with Crippen LogP contribution in [0.5, 0.6) is 0 Å². The van der Waals surface area contributed by atoms with Crippen molar-refractivity contribution >= 4 is 28.1 Å². The predicted octanol–water partition coefficient (Wildman–Crippen LogP) is 5.32. The van der Waals surface area contributed by atoms with Crippen molar-refractivity contribution in [3.8, 4) is 0 Å². The quantitative estimate of drug-likeness (QED) is 0.395. The summed E-state index contributed by atoms with van der Waals surface area (Å²) in [6.07, 6.45) is 0.671. The third kappa shape index (κ3) is 3.49. The number of anilines is 2. The van der Waals surface area contributed by atoms with Crippen LogP contribution in [0.2, 0.25) is 0 Å². The lowest BCUT2D eigenvalue weighted by Gasteiger charge is -2.20. The third-order valence-electron chi connectivity index (χ3n) is 4.13. The van der Waals surface area contributed by atoms with E-state index in [0.29, 0.717) is 6.42 Å². The Morgan fingerprint density at radius 1 is 0.846 bits per heavy atom. The van der Waals surface area contributed by atoms with Gasteiger partial charge in [-0.1, -0.05) is 48.5 Å². The summed E-state index contributed by atoms with van der Waals surface area (Å²) in [5, 5.41) is 6.84. The number of imidazole rings is 1. The van der Waals surface area contributed by atoms with Crippen LogP contribution in [0.25, 0.3) is 11.0 Å². The first-order valence-electron chi connectivity index (χ1n) is 8.67. The summed E-state index contributed by atoms with van der Waals surface area (Å²) in [6, 6.07) is 28.4. The van der Waals surface area contributed by atoms with Gasteiger partial charge >= 0.3 is 0 Å². The van der Waals surface area contributed by atoms with Crippen molar-refractivity contribution in [2.24, 2.45) is 5.10 Å². The molecule has 0 aliphatic carbocycles. The van der Waals surface area contributed by atoms with Gasteiger partial charge in [-0.15, -0.1) is 0 Å². The molecular weight excluding hydrogens is 320 g/mol. The van der Waals surface area contributed by atoms with Gasteiger partial charge < -0.3 is 4.98 Å². The first-order valence-corrected chi connectivity index (χ1v) is 8.67. The van der Waals surface area contributed by atoms with Crippen LogP contribution in [-0.2, 0) is 6.42 Å². The van der Waals surface area contributed by atoms with Gasteiger partial charge in [-0.2, -0.15) is 5.10 Å². The second-order valence-electron chi connectivity index (χ2n) is 6.20. The van der Waals surface area contributed by atoms with Crippen LogP contribution in [0, 0.1) is 0 Å². The van der Waals surface area contributed by atoms with E-state index in [2.05, 4.69) is 34.2 Å². The van der Waals surface area contributed by atoms with Gasteiger partial charge in [0.25, 0.3) is 0 Å². The number of nitrogens with zero attached hydrogens (tertiary/aromatic N) is 3. The number of hydrazone groups is 1. The van der Waals surface area contributed by atoms with Crippen LogP contribution in [0.4, 0.5) is 11.4 Å². The molecule has 4 rings (SSSR count). The van der Waals surface area contributed by atoms with E-state index in [9.17, 15) is 0 Å². The Morgan fingerprint density at radius 2 is 1.42 bits per heavy atom. The average molecular weight is 340 g/mol. The molecule has 4 heteroatoms. The standard InChI is InChI=1S/C22H20N4/c1-17(16-22-23-20-14-8-9-15-21(20)24-22)25-26(18-10-4-2-5-11-18)19-12-6-3-7-13-19/h2-15H,16H2,1H3,(H,23,24)/b25-17-. The van der Waals surface area contributed by atoms with Gasteiger partial charge in [-0.3, -0.25) is 0 Å². The molecule has 1 N–H and O–H groups in total. The SMILES string of the molecule is C/C(Cc1nc2ccccc2[nH]1)=N/N(c1ccccc1)c1ccccc1. The second-order valence-corrected chi connectivity index (χ2v) is 6.20. The molecule has 0 atom stereocenters. The first kappa shape index (κ1) is 16.1. The van der Waals surface area contributed by atoms with Crippen LogP contribution in [0.3, 0.4) is 0 Å². The Kier molecular flexibility index (Phi) is 4.48. The number of fused-ring (bicyclic) bond motifs is 1. The van der Waals surface area contributed by atoms with Crippen LogP contribution in [0.15, 0.2) is 90.0 Å². The van der Waals surface area contributed by atoms with E-state index in [1.165, 1.54) is 0 Å². The first-order chi connectivity index (χ1) is 12.8. The van der Waals surface area contributed by atoms with E-state index >= 15 is 0 Å². The number of H-pyrrole nitrogens is 1. The van der Waals surface area contributed by atoms with Gasteiger partial charge in [-0.05, 0) is 43.3 Å². The molecule has 128 valence electrons. The van der Waals surface area contributed by atoms with E-state index < -0.39 is 0 Å². The van der Waals surface area contributed by atoms with Crippen molar-refractivity contribution < 1.29 is 0 Å². The van der Waals surface area contributed by atoms with Crippen molar-refractivity contribution in [3.63, 3.8) is 0 Å². The molecule has 0 fully saturated rings. The van der Waals surface area contributed by atoms with Gasteiger partial charge in [0, 0.05) is 12.1 Å². The summed E-state index contributed by atoms with van der Waals surface area (Å²) < 4.78 is 0. The number of hydrogen-bond acceptors (Lipinski definition) is 3. The van der Waals surface area contributed by atoms with Gasteiger partial charge in [-0.25, -0.2) is 9.99 Å². The topological polar surface area (TPSA) is 44.3 Å². The number of aromatic nitrogens is 2. The number of aromatic amines is 1. The second kappa shape index (κ2) is 7.23. The Morgan fingerprint density at radius 3 is 2.04 bits per heavy atom. The highest BCUT2D eigenvalue weighted by molar-refractivity contribution is 5.86. The maximum atomic E-state index is 4.87. The molecular formula is C22H20N4. The zero-order chi connectivity index (χ0) is 17.8. The number of nitrogens with one attached hydrogen (secondary N) is 1. The van der Waals surface area contributed by atoms with Crippen LogP contribution < -0.4 is 5.01 Å².